The summed E-state index contributed by atoms with van der Waals surface area (Å²) in [5.74, 6) is 0.106. The minimum absolute atomic E-state index is 0.0933. The molecule has 9 nitrogen and oxygen atoms in total. The highest BCUT2D eigenvalue weighted by molar-refractivity contribution is 7.89. The fourth-order valence-electron chi connectivity index (χ4n) is 4.32. The van der Waals surface area contributed by atoms with E-state index in [1.807, 2.05) is 4.90 Å². The monoisotopic (exact) mass is 472 g/mol. The van der Waals surface area contributed by atoms with Crippen LogP contribution in [0.15, 0.2) is 47.4 Å². The molecule has 2 aliphatic heterocycles. The van der Waals surface area contributed by atoms with Crippen LogP contribution in [0.5, 0.6) is 0 Å². The van der Waals surface area contributed by atoms with E-state index in [-0.39, 0.29) is 16.1 Å². The predicted octanol–water partition coefficient (Wildman–Crippen LogP) is 3.87. The molecule has 0 radical (unpaired) electrons. The number of nitro groups is 1. The van der Waals surface area contributed by atoms with Gasteiger partial charge in [0, 0.05) is 43.5 Å². The molecule has 2 saturated heterocycles. The van der Waals surface area contributed by atoms with Gasteiger partial charge in [-0.15, -0.1) is 0 Å². The number of nitrogens with zero attached hydrogens (tertiary/aromatic N) is 3. The van der Waals surface area contributed by atoms with E-state index in [0.717, 1.165) is 38.8 Å². The molecule has 1 N–H and O–H groups in total. The lowest BCUT2D eigenvalue weighted by Crippen LogP contribution is -2.33. The van der Waals surface area contributed by atoms with Crippen molar-refractivity contribution in [3.8, 4) is 0 Å². The smallest absolute Gasteiger partial charge is 0.293 e. The Hall–Kier alpha value is -2.98. The zero-order chi connectivity index (χ0) is 23.6. The SMILES string of the molecule is CC1CCN(c2ccc(C(=O)Nc3ccc(S(=O)(=O)N4CCCC4)cc3)cc2[N+](=O)[O-])CC1. The Kier molecular flexibility index (Phi) is 6.66. The van der Waals surface area contributed by atoms with Gasteiger partial charge in [-0.2, -0.15) is 4.31 Å². The summed E-state index contributed by atoms with van der Waals surface area (Å²) in [6, 6.07) is 10.5. The van der Waals surface area contributed by atoms with Gasteiger partial charge in [-0.1, -0.05) is 6.92 Å². The van der Waals surface area contributed by atoms with Crippen LogP contribution in [-0.4, -0.2) is 49.7 Å². The number of amides is 1. The van der Waals surface area contributed by atoms with E-state index >= 15 is 0 Å². The maximum absolute atomic E-state index is 12.7. The molecule has 33 heavy (non-hydrogen) atoms. The molecule has 0 unspecified atom stereocenters. The van der Waals surface area contributed by atoms with Gasteiger partial charge in [0.1, 0.15) is 5.69 Å². The Morgan fingerprint density at radius 1 is 1.03 bits per heavy atom. The van der Waals surface area contributed by atoms with Gasteiger partial charge in [-0.25, -0.2) is 8.42 Å². The molecule has 0 bridgehead atoms. The summed E-state index contributed by atoms with van der Waals surface area (Å²) in [6.45, 7) is 4.71. The van der Waals surface area contributed by atoms with Gasteiger partial charge >= 0.3 is 0 Å². The molecule has 2 aliphatic rings. The largest absolute Gasteiger partial charge is 0.366 e. The highest BCUT2D eigenvalue weighted by Gasteiger charge is 2.27. The number of hydrogen-bond donors (Lipinski definition) is 1. The molecule has 0 atom stereocenters. The molecule has 0 saturated carbocycles. The van der Waals surface area contributed by atoms with Gasteiger partial charge in [-0.05, 0) is 68.0 Å². The molecule has 0 spiro atoms. The van der Waals surface area contributed by atoms with E-state index in [4.69, 9.17) is 0 Å². The molecule has 2 heterocycles. The third-order valence-corrected chi connectivity index (χ3v) is 8.29. The van der Waals surface area contributed by atoms with Gasteiger partial charge in [0.05, 0.1) is 9.82 Å². The fraction of sp³-hybridized carbons (Fsp3) is 0.435. The topological polar surface area (TPSA) is 113 Å². The Labute approximate surface area is 193 Å². The van der Waals surface area contributed by atoms with Crippen LogP contribution in [0.3, 0.4) is 0 Å². The Morgan fingerprint density at radius 2 is 1.67 bits per heavy atom. The highest BCUT2D eigenvalue weighted by atomic mass is 32.2. The highest BCUT2D eigenvalue weighted by Crippen LogP contribution is 2.32. The van der Waals surface area contributed by atoms with Crippen LogP contribution >= 0.6 is 0 Å². The van der Waals surface area contributed by atoms with Gasteiger partial charge in [0.2, 0.25) is 10.0 Å². The summed E-state index contributed by atoms with van der Waals surface area (Å²) in [5, 5.41) is 14.4. The molecule has 2 aromatic rings. The lowest BCUT2D eigenvalue weighted by atomic mass is 9.98. The Morgan fingerprint density at radius 3 is 2.27 bits per heavy atom. The lowest BCUT2D eigenvalue weighted by molar-refractivity contribution is -0.384. The number of nitrogens with one attached hydrogen (secondary N) is 1. The van der Waals surface area contributed by atoms with Crippen molar-refractivity contribution in [2.24, 2.45) is 5.92 Å². The van der Waals surface area contributed by atoms with Crippen molar-refractivity contribution in [3.63, 3.8) is 0 Å². The van der Waals surface area contributed by atoms with E-state index < -0.39 is 20.9 Å². The van der Waals surface area contributed by atoms with E-state index in [9.17, 15) is 23.3 Å². The number of sulfonamides is 1. The molecule has 0 aromatic heterocycles. The predicted molar refractivity (Wildman–Crippen MR) is 126 cm³/mol. The normalized spacial score (nSPS) is 17.8. The summed E-state index contributed by atoms with van der Waals surface area (Å²) in [7, 11) is -3.53. The average Bonchev–Trinajstić information content (AvgIpc) is 3.35. The molecule has 1 amide bonds. The second-order valence-electron chi connectivity index (χ2n) is 8.72. The maximum Gasteiger partial charge on any atom is 0.293 e. The first-order valence-corrected chi connectivity index (χ1v) is 12.6. The minimum Gasteiger partial charge on any atom is -0.366 e. The minimum atomic E-state index is -3.53. The maximum atomic E-state index is 12.7. The summed E-state index contributed by atoms with van der Waals surface area (Å²) < 4.78 is 26.7. The molecule has 2 aromatic carbocycles. The third kappa shape index (κ3) is 5.01. The standard InChI is InChI=1S/C23H28N4O5S/c1-17-10-14-25(15-11-17)21-9-4-18(16-22(21)27(29)30)23(28)24-19-5-7-20(8-6-19)33(31,32)26-12-2-3-13-26/h4-9,16-17H,2-3,10-15H2,1H3,(H,24,28). The van der Waals surface area contributed by atoms with E-state index in [0.29, 0.717) is 30.4 Å². The van der Waals surface area contributed by atoms with Crippen LogP contribution in [0.1, 0.15) is 43.0 Å². The molecule has 4 rings (SSSR count). The van der Waals surface area contributed by atoms with Gasteiger partial charge < -0.3 is 10.2 Å². The van der Waals surface area contributed by atoms with Crippen molar-refractivity contribution >= 4 is 33.0 Å². The van der Waals surface area contributed by atoms with Crippen LogP contribution in [-0.2, 0) is 10.0 Å². The van der Waals surface area contributed by atoms with Crippen molar-refractivity contribution in [2.45, 2.75) is 37.5 Å². The first-order chi connectivity index (χ1) is 15.8. The van der Waals surface area contributed by atoms with Crippen molar-refractivity contribution in [1.82, 2.24) is 4.31 Å². The molecule has 2 fully saturated rings. The zero-order valence-corrected chi connectivity index (χ0v) is 19.4. The van der Waals surface area contributed by atoms with Crippen LogP contribution in [0.4, 0.5) is 17.1 Å². The summed E-state index contributed by atoms with van der Waals surface area (Å²) in [4.78, 5) is 26.1. The second-order valence-corrected chi connectivity index (χ2v) is 10.7. The van der Waals surface area contributed by atoms with Crippen LogP contribution in [0.25, 0.3) is 0 Å². The molecule has 10 heteroatoms. The van der Waals surface area contributed by atoms with Crippen molar-refractivity contribution in [1.29, 1.82) is 0 Å². The molecule has 176 valence electrons. The number of hydrogen-bond acceptors (Lipinski definition) is 6. The summed E-state index contributed by atoms with van der Waals surface area (Å²) >= 11 is 0. The van der Waals surface area contributed by atoms with E-state index in [1.54, 1.807) is 12.1 Å². The van der Waals surface area contributed by atoms with Crippen molar-refractivity contribution < 1.29 is 18.1 Å². The van der Waals surface area contributed by atoms with Gasteiger partial charge in [0.15, 0.2) is 0 Å². The number of carbonyl (C=O) groups excluding carboxylic acids is 1. The number of benzene rings is 2. The number of nitro benzene ring substituents is 1. The quantitative estimate of drug-likeness (QED) is 0.504. The first-order valence-electron chi connectivity index (χ1n) is 11.2. The molecular weight excluding hydrogens is 444 g/mol. The lowest BCUT2D eigenvalue weighted by Gasteiger charge is -2.31. The van der Waals surface area contributed by atoms with E-state index in [2.05, 4.69) is 12.2 Å². The number of carbonyl (C=O) groups is 1. The van der Waals surface area contributed by atoms with Gasteiger partial charge in [0.25, 0.3) is 11.6 Å². The molecular formula is C23H28N4O5S. The average molecular weight is 473 g/mol. The van der Waals surface area contributed by atoms with Crippen LogP contribution in [0, 0.1) is 16.0 Å². The Bertz CT molecular complexity index is 1140. The van der Waals surface area contributed by atoms with Gasteiger partial charge in [-0.3, -0.25) is 14.9 Å². The van der Waals surface area contributed by atoms with Crippen LogP contribution in [0.2, 0.25) is 0 Å². The number of piperidine rings is 1. The number of anilines is 2. The summed E-state index contributed by atoms with van der Waals surface area (Å²) in [5.41, 5.74) is 1.02. The second kappa shape index (κ2) is 9.48. The van der Waals surface area contributed by atoms with E-state index in [1.165, 1.54) is 34.6 Å². The molecule has 0 aliphatic carbocycles. The Balaban J connectivity index is 1.49. The van der Waals surface area contributed by atoms with Crippen LogP contribution < -0.4 is 10.2 Å². The third-order valence-electron chi connectivity index (χ3n) is 6.37. The zero-order valence-electron chi connectivity index (χ0n) is 18.6. The number of rotatable bonds is 6. The summed E-state index contributed by atoms with van der Waals surface area (Å²) in [6.07, 6.45) is 3.66. The van der Waals surface area contributed by atoms with Crippen molar-refractivity contribution in [2.75, 3.05) is 36.4 Å². The first kappa shape index (κ1) is 23.2. The van der Waals surface area contributed by atoms with Crippen molar-refractivity contribution in [3.05, 3.63) is 58.1 Å². The fourth-order valence-corrected chi connectivity index (χ4v) is 5.84.